The van der Waals surface area contributed by atoms with Gasteiger partial charge in [0.05, 0.1) is 6.04 Å². The van der Waals surface area contributed by atoms with Crippen molar-refractivity contribution in [1.82, 2.24) is 10.6 Å². The van der Waals surface area contributed by atoms with Crippen LogP contribution in [0, 0.1) is 5.41 Å². The molecule has 1 saturated heterocycles. The maximum absolute atomic E-state index is 11.5. The van der Waals surface area contributed by atoms with Gasteiger partial charge in [-0.15, -0.1) is 0 Å². The fourth-order valence-corrected chi connectivity index (χ4v) is 1.84. The molecular formula is C11H18N2O2. The molecule has 0 aromatic carbocycles. The topological polar surface area (TPSA) is 50.4 Å². The Morgan fingerprint density at radius 1 is 1.53 bits per heavy atom. The third kappa shape index (κ3) is 2.31. The maximum Gasteiger partial charge on any atom is 0.407 e. The van der Waals surface area contributed by atoms with Gasteiger partial charge < -0.3 is 15.4 Å². The number of amides is 1. The van der Waals surface area contributed by atoms with Crippen LogP contribution in [0.3, 0.4) is 0 Å². The summed E-state index contributed by atoms with van der Waals surface area (Å²) in [6.07, 6.45) is 3.94. The van der Waals surface area contributed by atoms with E-state index in [0.717, 1.165) is 13.1 Å². The first-order valence-corrected chi connectivity index (χ1v) is 5.32. The highest BCUT2D eigenvalue weighted by Gasteiger charge is 2.47. The molecule has 0 radical (unpaired) electrons. The number of ether oxygens (including phenoxy) is 1. The number of hydrogen-bond donors (Lipinski definition) is 2. The average molecular weight is 210 g/mol. The van der Waals surface area contributed by atoms with E-state index in [1.807, 2.05) is 20.8 Å². The second-order valence-electron chi connectivity index (χ2n) is 5.28. The van der Waals surface area contributed by atoms with Gasteiger partial charge in [-0.25, -0.2) is 4.79 Å². The second-order valence-corrected chi connectivity index (χ2v) is 5.28. The van der Waals surface area contributed by atoms with E-state index >= 15 is 0 Å². The van der Waals surface area contributed by atoms with Gasteiger partial charge >= 0.3 is 6.09 Å². The Kier molecular flexibility index (Phi) is 2.26. The molecule has 0 saturated carbocycles. The number of alkyl carbamates (subject to hydrolysis) is 1. The molecule has 1 spiro atoms. The summed E-state index contributed by atoms with van der Waals surface area (Å²) in [5.41, 5.74) is -0.336. The van der Waals surface area contributed by atoms with Gasteiger partial charge in [-0.05, 0) is 20.8 Å². The van der Waals surface area contributed by atoms with Gasteiger partial charge in [-0.2, -0.15) is 0 Å². The third-order valence-electron chi connectivity index (χ3n) is 2.71. The van der Waals surface area contributed by atoms with Crippen LogP contribution in [0.4, 0.5) is 4.79 Å². The van der Waals surface area contributed by atoms with Crippen LogP contribution < -0.4 is 10.6 Å². The summed E-state index contributed by atoms with van der Waals surface area (Å²) in [5, 5.41) is 6.16. The molecule has 0 bridgehead atoms. The summed E-state index contributed by atoms with van der Waals surface area (Å²) >= 11 is 0. The van der Waals surface area contributed by atoms with Crippen LogP contribution in [-0.4, -0.2) is 30.8 Å². The smallest absolute Gasteiger partial charge is 0.407 e. The maximum atomic E-state index is 11.5. The monoisotopic (exact) mass is 210 g/mol. The molecule has 1 amide bonds. The highest BCUT2D eigenvalue weighted by Crippen LogP contribution is 2.40. The molecule has 15 heavy (non-hydrogen) atoms. The number of rotatable bonds is 1. The standard InChI is InChI=1S/C11H18N2O2/c1-10(2,3)15-9(14)13-8-6-12-7-11(8)4-5-11/h4-5,8,12H,6-7H2,1-3H3,(H,13,14). The number of nitrogens with one attached hydrogen (secondary N) is 2. The summed E-state index contributed by atoms with van der Waals surface area (Å²) in [6, 6.07) is 0.146. The average Bonchev–Trinajstić information content (AvgIpc) is 2.70. The molecule has 0 aromatic rings. The molecule has 4 heteroatoms. The Hall–Kier alpha value is -1.03. The molecule has 2 rings (SSSR count). The van der Waals surface area contributed by atoms with Crippen molar-refractivity contribution in [3.05, 3.63) is 12.2 Å². The molecule has 4 nitrogen and oxygen atoms in total. The lowest BCUT2D eigenvalue weighted by Crippen LogP contribution is -2.44. The van der Waals surface area contributed by atoms with E-state index in [9.17, 15) is 4.79 Å². The van der Waals surface area contributed by atoms with Crippen molar-refractivity contribution >= 4 is 6.09 Å². The summed E-state index contributed by atoms with van der Waals surface area (Å²) in [4.78, 5) is 11.5. The number of carbonyl (C=O) groups excluding carboxylic acids is 1. The summed E-state index contributed by atoms with van der Waals surface area (Å²) in [6.45, 7) is 7.33. The largest absolute Gasteiger partial charge is 0.444 e. The first kappa shape index (κ1) is 10.5. The molecule has 1 fully saturated rings. The van der Waals surface area contributed by atoms with E-state index in [4.69, 9.17) is 4.74 Å². The molecular weight excluding hydrogens is 192 g/mol. The molecule has 1 atom stereocenters. The lowest BCUT2D eigenvalue weighted by molar-refractivity contribution is 0.0497. The summed E-state index contributed by atoms with van der Waals surface area (Å²) in [5.74, 6) is 0. The Bertz CT molecular complexity index is 298. The van der Waals surface area contributed by atoms with Gasteiger partial charge in [-0.3, -0.25) is 0 Å². The van der Waals surface area contributed by atoms with Gasteiger partial charge in [0.2, 0.25) is 0 Å². The first-order valence-electron chi connectivity index (χ1n) is 5.32. The zero-order valence-electron chi connectivity index (χ0n) is 9.46. The minimum absolute atomic E-state index is 0.0942. The van der Waals surface area contributed by atoms with E-state index in [1.54, 1.807) is 0 Å². The third-order valence-corrected chi connectivity index (χ3v) is 2.71. The zero-order valence-corrected chi connectivity index (χ0v) is 9.46. The Morgan fingerprint density at radius 3 is 2.73 bits per heavy atom. The van der Waals surface area contributed by atoms with Crippen LogP contribution in [0.2, 0.25) is 0 Å². The highest BCUT2D eigenvalue weighted by atomic mass is 16.6. The van der Waals surface area contributed by atoms with Crippen molar-refractivity contribution in [2.75, 3.05) is 13.1 Å². The summed E-state index contributed by atoms with van der Waals surface area (Å²) in [7, 11) is 0. The van der Waals surface area contributed by atoms with E-state index in [2.05, 4.69) is 22.8 Å². The van der Waals surface area contributed by atoms with Crippen LogP contribution in [0.5, 0.6) is 0 Å². The van der Waals surface area contributed by atoms with Crippen LogP contribution in [-0.2, 0) is 4.74 Å². The van der Waals surface area contributed by atoms with Gasteiger partial charge in [0.25, 0.3) is 0 Å². The van der Waals surface area contributed by atoms with Crippen LogP contribution in [0.1, 0.15) is 20.8 Å². The van der Waals surface area contributed by atoms with Crippen LogP contribution in [0.15, 0.2) is 12.2 Å². The van der Waals surface area contributed by atoms with Crippen molar-refractivity contribution in [3.63, 3.8) is 0 Å². The van der Waals surface area contributed by atoms with Crippen LogP contribution in [0.25, 0.3) is 0 Å². The van der Waals surface area contributed by atoms with Gasteiger partial charge in [-0.1, -0.05) is 12.2 Å². The highest BCUT2D eigenvalue weighted by molar-refractivity contribution is 5.69. The predicted octanol–water partition coefficient (Wildman–Crippen LogP) is 1.04. The van der Waals surface area contributed by atoms with E-state index in [-0.39, 0.29) is 17.6 Å². The van der Waals surface area contributed by atoms with Crippen molar-refractivity contribution < 1.29 is 9.53 Å². The fraction of sp³-hybridized carbons (Fsp3) is 0.727. The summed E-state index contributed by atoms with van der Waals surface area (Å²) < 4.78 is 5.22. The minimum Gasteiger partial charge on any atom is -0.444 e. The molecule has 0 aromatic heterocycles. The molecule has 1 unspecified atom stereocenters. The van der Waals surface area contributed by atoms with E-state index < -0.39 is 5.60 Å². The van der Waals surface area contributed by atoms with Crippen molar-refractivity contribution in [1.29, 1.82) is 0 Å². The van der Waals surface area contributed by atoms with E-state index in [0.29, 0.717) is 0 Å². The zero-order chi connectivity index (χ0) is 11.1. The van der Waals surface area contributed by atoms with Gasteiger partial charge in [0, 0.05) is 18.5 Å². The molecule has 1 heterocycles. The molecule has 1 aliphatic heterocycles. The number of hydrogen-bond acceptors (Lipinski definition) is 3. The second kappa shape index (κ2) is 3.23. The molecule has 1 aliphatic carbocycles. The first-order chi connectivity index (χ1) is 6.91. The molecule has 2 aliphatic rings. The molecule has 84 valence electrons. The Balaban J connectivity index is 1.84. The SMILES string of the molecule is CC(C)(C)OC(=O)NC1CNCC12C=C2. The minimum atomic E-state index is -0.430. The van der Waals surface area contributed by atoms with Gasteiger partial charge in [0.1, 0.15) is 5.60 Å². The van der Waals surface area contributed by atoms with Crippen molar-refractivity contribution in [2.24, 2.45) is 5.41 Å². The van der Waals surface area contributed by atoms with Crippen LogP contribution >= 0.6 is 0 Å². The number of carbonyl (C=O) groups is 1. The van der Waals surface area contributed by atoms with Crippen molar-refractivity contribution in [2.45, 2.75) is 32.4 Å². The van der Waals surface area contributed by atoms with Crippen molar-refractivity contribution in [3.8, 4) is 0 Å². The van der Waals surface area contributed by atoms with E-state index in [1.165, 1.54) is 0 Å². The Labute approximate surface area is 90.1 Å². The predicted molar refractivity (Wildman–Crippen MR) is 57.6 cm³/mol. The molecule has 2 N–H and O–H groups in total. The fourth-order valence-electron chi connectivity index (χ4n) is 1.84. The lowest BCUT2D eigenvalue weighted by atomic mass is 9.98. The normalized spacial score (nSPS) is 26.7. The quantitative estimate of drug-likeness (QED) is 0.636. The lowest BCUT2D eigenvalue weighted by Gasteiger charge is -2.24. The Morgan fingerprint density at radius 2 is 2.20 bits per heavy atom. The van der Waals surface area contributed by atoms with Gasteiger partial charge in [0.15, 0.2) is 0 Å².